The second-order valence-electron chi connectivity index (χ2n) is 4.02. The zero-order valence-corrected chi connectivity index (χ0v) is 12.5. The average molecular weight is 306 g/mol. The van der Waals surface area contributed by atoms with Gasteiger partial charge in [-0.3, -0.25) is 9.36 Å². The second kappa shape index (κ2) is 5.16. The van der Waals surface area contributed by atoms with Gasteiger partial charge in [0.05, 0.1) is 5.88 Å². The smallest absolute Gasteiger partial charge is 0.304 e. The molecule has 0 amide bonds. The van der Waals surface area contributed by atoms with Gasteiger partial charge in [0.1, 0.15) is 12.1 Å². The molecule has 0 spiro atoms. The summed E-state index contributed by atoms with van der Waals surface area (Å²) in [7, 11) is 0. The Morgan fingerprint density at radius 2 is 2.17 bits per heavy atom. The third kappa shape index (κ3) is 2.27. The summed E-state index contributed by atoms with van der Waals surface area (Å²) in [6.45, 7) is 3.77. The first-order chi connectivity index (χ1) is 8.45. The number of fused-ring (bicyclic) bond motifs is 1. The fourth-order valence-electron chi connectivity index (χ4n) is 1.66. The summed E-state index contributed by atoms with van der Waals surface area (Å²) in [5, 5.41) is 0. The van der Waals surface area contributed by atoms with Crippen molar-refractivity contribution in [2.75, 3.05) is 6.26 Å². The number of halogens is 1. The van der Waals surface area contributed by atoms with E-state index < -0.39 is 11.2 Å². The highest BCUT2D eigenvalue weighted by molar-refractivity contribution is 7.92. The van der Waals surface area contributed by atoms with Crippen molar-refractivity contribution < 1.29 is 4.55 Å². The lowest BCUT2D eigenvalue weighted by Crippen LogP contribution is -2.26. The SMILES string of the molecule is CC(C)n1c(CCl)nc2sc([S+](C)[O-])nc2c1=O. The third-order valence-electron chi connectivity index (χ3n) is 2.40. The molecule has 0 aromatic carbocycles. The van der Waals surface area contributed by atoms with E-state index >= 15 is 0 Å². The van der Waals surface area contributed by atoms with Crippen LogP contribution in [0.3, 0.4) is 0 Å². The molecular formula is C10H12ClN3O2S2. The molecule has 0 saturated heterocycles. The van der Waals surface area contributed by atoms with Crippen LogP contribution in [0.15, 0.2) is 9.13 Å². The Labute approximate surface area is 116 Å². The highest BCUT2D eigenvalue weighted by Crippen LogP contribution is 2.23. The lowest BCUT2D eigenvalue weighted by molar-refractivity contribution is 0.551. The number of rotatable bonds is 3. The summed E-state index contributed by atoms with van der Waals surface area (Å²) in [5.41, 5.74) is 0.0476. The lowest BCUT2D eigenvalue weighted by Gasteiger charge is -2.12. The van der Waals surface area contributed by atoms with E-state index in [0.717, 1.165) is 0 Å². The number of thiazole rings is 1. The Balaban J connectivity index is 2.79. The minimum Gasteiger partial charge on any atom is -0.610 e. The van der Waals surface area contributed by atoms with Crippen LogP contribution in [0, 0.1) is 0 Å². The molecule has 18 heavy (non-hydrogen) atoms. The molecule has 8 heteroatoms. The highest BCUT2D eigenvalue weighted by Gasteiger charge is 2.20. The molecule has 2 aromatic rings. The first-order valence-corrected chi connectivity index (χ1v) is 8.18. The van der Waals surface area contributed by atoms with Gasteiger partial charge in [-0.05, 0) is 25.2 Å². The van der Waals surface area contributed by atoms with Gasteiger partial charge < -0.3 is 4.55 Å². The predicted octanol–water partition coefficient (Wildman–Crippen LogP) is 1.91. The van der Waals surface area contributed by atoms with Gasteiger partial charge in [-0.1, -0.05) is 0 Å². The Kier molecular flexibility index (Phi) is 3.96. The topological polar surface area (TPSA) is 70.8 Å². The zero-order valence-electron chi connectivity index (χ0n) is 10.1. The van der Waals surface area contributed by atoms with Gasteiger partial charge >= 0.3 is 4.34 Å². The largest absolute Gasteiger partial charge is 0.610 e. The normalized spacial score (nSPS) is 13.4. The maximum absolute atomic E-state index is 12.3. The number of alkyl halides is 1. The molecule has 0 fully saturated rings. The van der Waals surface area contributed by atoms with Crippen molar-refractivity contribution in [3.63, 3.8) is 0 Å². The molecule has 2 heterocycles. The van der Waals surface area contributed by atoms with Crippen molar-refractivity contribution in [2.24, 2.45) is 0 Å². The fraction of sp³-hybridized carbons (Fsp3) is 0.500. The molecule has 5 nitrogen and oxygen atoms in total. The van der Waals surface area contributed by atoms with Crippen LogP contribution in [-0.2, 0) is 17.1 Å². The first-order valence-electron chi connectivity index (χ1n) is 5.27. The average Bonchev–Trinajstić information content (AvgIpc) is 2.72. The molecule has 0 aliphatic heterocycles. The van der Waals surface area contributed by atoms with E-state index in [1.54, 1.807) is 0 Å². The molecule has 0 bridgehead atoms. The Bertz CT molecular complexity index is 636. The van der Waals surface area contributed by atoms with E-state index in [2.05, 4.69) is 9.97 Å². The molecule has 0 N–H and O–H groups in total. The van der Waals surface area contributed by atoms with Crippen LogP contribution in [0.5, 0.6) is 0 Å². The van der Waals surface area contributed by atoms with Crippen molar-refractivity contribution in [3.8, 4) is 0 Å². The quantitative estimate of drug-likeness (QED) is 0.641. The minimum absolute atomic E-state index is 0.0413. The van der Waals surface area contributed by atoms with Gasteiger partial charge in [-0.15, -0.1) is 11.6 Å². The Morgan fingerprint density at radius 1 is 1.50 bits per heavy atom. The molecule has 0 aliphatic carbocycles. The monoisotopic (exact) mass is 305 g/mol. The summed E-state index contributed by atoms with van der Waals surface area (Å²) in [4.78, 5) is 21.2. The second-order valence-corrected chi connectivity index (χ2v) is 6.82. The summed E-state index contributed by atoms with van der Waals surface area (Å²) < 4.78 is 13.3. The first kappa shape index (κ1) is 13.8. The molecule has 2 rings (SSSR count). The molecule has 2 aromatic heterocycles. The summed E-state index contributed by atoms with van der Waals surface area (Å²) >= 11 is 5.79. The Hall–Kier alpha value is -0.630. The van der Waals surface area contributed by atoms with E-state index in [1.165, 1.54) is 22.2 Å². The van der Waals surface area contributed by atoms with Crippen LogP contribution < -0.4 is 5.56 Å². The molecule has 98 valence electrons. The number of nitrogens with zero attached hydrogens (tertiary/aromatic N) is 3. The van der Waals surface area contributed by atoms with Crippen LogP contribution in [0.1, 0.15) is 25.7 Å². The van der Waals surface area contributed by atoms with E-state index in [-0.39, 0.29) is 23.0 Å². The van der Waals surface area contributed by atoms with Crippen molar-refractivity contribution in [1.29, 1.82) is 0 Å². The van der Waals surface area contributed by atoms with Crippen LogP contribution in [-0.4, -0.2) is 25.3 Å². The van der Waals surface area contributed by atoms with Gasteiger partial charge in [-0.2, -0.15) is 4.98 Å². The van der Waals surface area contributed by atoms with Gasteiger partial charge in [0, 0.05) is 17.2 Å². The highest BCUT2D eigenvalue weighted by atomic mass is 35.5. The van der Waals surface area contributed by atoms with E-state index in [1.807, 2.05) is 13.8 Å². The van der Waals surface area contributed by atoms with Crippen molar-refractivity contribution in [2.45, 2.75) is 30.1 Å². The third-order valence-corrected chi connectivity index (χ3v) is 4.92. The fourth-order valence-corrected chi connectivity index (χ4v) is 3.46. The van der Waals surface area contributed by atoms with Gasteiger partial charge in [0.15, 0.2) is 10.3 Å². The predicted molar refractivity (Wildman–Crippen MR) is 73.9 cm³/mol. The van der Waals surface area contributed by atoms with Crippen molar-refractivity contribution in [1.82, 2.24) is 14.5 Å². The molecule has 1 atom stereocenters. The summed E-state index contributed by atoms with van der Waals surface area (Å²) in [6.07, 6.45) is 1.53. The molecule has 1 unspecified atom stereocenters. The number of aromatic nitrogens is 3. The zero-order chi connectivity index (χ0) is 13.4. The number of hydrogen-bond acceptors (Lipinski definition) is 5. The van der Waals surface area contributed by atoms with Crippen LogP contribution in [0.25, 0.3) is 10.3 Å². The van der Waals surface area contributed by atoms with Crippen LogP contribution in [0.2, 0.25) is 0 Å². The minimum atomic E-state index is -1.21. The molecule has 0 radical (unpaired) electrons. The maximum atomic E-state index is 12.3. The van der Waals surface area contributed by atoms with Crippen molar-refractivity contribution >= 4 is 44.5 Å². The molecule has 0 aliphatic rings. The summed E-state index contributed by atoms with van der Waals surface area (Å²) in [6, 6.07) is -0.0413. The lowest BCUT2D eigenvalue weighted by atomic mass is 10.3. The van der Waals surface area contributed by atoms with E-state index in [4.69, 9.17) is 11.6 Å². The molecule has 0 saturated carbocycles. The van der Waals surface area contributed by atoms with Gasteiger partial charge in [0.25, 0.3) is 5.56 Å². The molecular weight excluding hydrogens is 294 g/mol. The van der Waals surface area contributed by atoms with Gasteiger partial charge in [-0.25, -0.2) is 4.98 Å². The van der Waals surface area contributed by atoms with Crippen LogP contribution >= 0.6 is 22.9 Å². The standard InChI is InChI=1S/C10H12ClN3O2S2/c1-5(2)14-6(4-11)12-8-7(9(14)15)13-10(17-8)18(3)16/h5H,4H2,1-3H3. The van der Waals surface area contributed by atoms with E-state index in [0.29, 0.717) is 15.0 Å². The summed E-state index contributed by atoms with van der Waals surface area (Å²) in [5.74, 6) is 0.674. The number of hydrogen-bond donors (Lipinski definition) is 0. The maximum Gasteiger partial charge on any atom is 0.304 e. The van der Waals surface area contributed by atoms with E-state index in [9.17, 15) is 9.35 Å². The van der Waals surface area contributed by atoms with Crippen molar-refractivity contribution in [3.05, 3.63) is 16.2 Å². The van der Waals surface area contributed by atoms with Gasteiger partial charge in [0.2, 0.25) is 0 Å². The Morgan fingerprint density at radius 3 is 2.67 bits per heavy atom. The van der Waals surface area contributed by atoms with Crippen LogP contribution in [0.4, 0.5) is 0 Å².